The normalized spacial score (nSPS) is 35.3. The van der Waals surface area contributed by atoms with Crippen molar-refractivity contribution < 1.29 is 36.4 Å². The molecular formula is C44H41N6O8S6-. The van der Waals surface area contributed by atoms with Gasteiger partial charge >= 0.3 is 0 Å². The van der Waals surface area contributed by atoms with E-state index in [1.54, 1.807) is 106 Å². The minimum Gasteiger partial charge on any atom is -0.768 e. The van der Waals surface area contributed by atoms with Crippen molar-refractivity contribution >= 4 is 99.3 Å². The second-order valence-corrected chi connectivity index (χ2v) is 25.3. The van der Waals surface area contributed by atoms with Crippen LogP contribution in [0.1, 0.15) is 50.7 Å². The zero-order valence-corrected chi connectivity index (χ0v) is 39.7. The van der Waals surface area contributed by atoms with Crippen molar-refractivity contribution in [3.8, 4) is 0 Å². The molecule has 0 saturated carbocycles. The van der Waals surface area contributed by atoms with Gasteiger partial charge in [0.1, 0.15) is 12.3 Å². The first kappa shape index (κ1) is 42.5. The number of hydrogen-bond donors (Lipinski definition) is 1. The second kappa shape index (κ2) is 13.9. The molecule has 0 aliphatic carbocycles. The number of likely N-dealkylation sites (N-methyl/N-ethyl adjacent to an activating group) is 2. The highest BCUT2D eigenvalue weighted by Crippen LogP contribution is 2.80. The van der Waals surface area contributed by atoms with Crippen molar-refractivity contribution in [1.82, 2.24) is 19.6 Å². The van der Waals surface area contributed by atoms with Crippen molar-refractivity contribution in [2.75, 3.05) is 23.7 Å². The number of benzene rings is 4. The first-order valence-electron chi connectivity index (χ1n) is 20.8. The molecule has 14 rings (SSSR count). The number of sulfonamides is 1. The standard InChI is InChI=1S/C38H36N6O6S5.C6H6O2S/c1-5-35-31(47)42-27-33(23-16-10-12-18-25(23)39-27,20-37(42,53-51-35)29(45)40(35)3)34-21-38-30(46)41(4)36(6-2,52-54-38)32(48)43(38)28(34)44(26-19-13-11-17-24(26)34)55(49,50)22-14-8-7-9-15-22;7-9(8)6-4-2-1-3-5-6/h7-19,27-28,39H,5-6,20-21H2,1-4H3;1-5H,(H,7,8)/p-1/t27-,28+,33+,34?,35+,36+,37+,38+;/m1./s1. The van der Waals surface area contributed by atoms with Gasteiger partial charge in [0.05, 0.1) is 21.4 Å². The van der Waals surface area contributed by atoms with E-state index in [-0.39, 0.29) is 41.4 Å². The number of carbonyl (C=O) groups excluding carboxylic acids is 4. The summed E-state index contributed by atoms with van der Waals surface area (Å²) in [5, 5.41) is 3.73. The van der Waals surface area contributed by atoms with E-state index < -0.39 is 63.7 Å². The van der Waals surface area contributed by atoms with Crippen LogP contribution in [0.4, 0.5) is 11.4 Å². The molecule has 10 aliphatic heterocycles. The predicted octanol–water partition coefficient (Wildman–Crippen LogP) is 5.88. The summed E-state index contributed by atoms with van der Waals surface area (Å²) in [6.45, 7) is 3.79. The van der Waals surface area contributed by atoms with E-state index in [0.29, 0.717) is 29.0 Å². The van der Waals surface area contributed by atoms with Gasteiger partial charge in [0.15, 0.2) is 19.5 Å². The average molecular weight is 974 g/mol. The maximum Gasteiger partial charge on any atom is 0.266 e. The van der Waals surface area contributed by atoms with E-state index in [1.807, 2.05) is 50.2 Å². The number of amides is 4. The fourth-order valence-electron chi connectivity index (χ4n) is 12.0. The maximum absolute atomic E-state index is 15.5. The average Bonchev–Trinajstić information content (AvgIpc) is 4.00. The topological polar surface area (TPSA) is 171 Å². The van der Waals surface area contributed by atoms with Crippen molar-refractivity contribution in [2.24, 2.45) is 0 Å². The molecule has 2 unspecified atom stereocenters. The minimum atomic E-state index is -4.40. The zero-order valence-electron chi connectivity index (χ0n) is 34.8. The van der Waals surface area contributed by atoms with Crippen molar-refractivity contribution in [2.45, 2.75) is 92.0 Å². The Hall–Kier alpha value is -4.18. The molecule has 4 bridgehead atoms. The molecule has 20 heteroatoms. The molecular weight excluding hydrogens is 933 g/mol. The third kappa shape index (κ3) is 4.72. The lowest BCUT2D eigenvalue weighted by Gasteiger charge is -2.59. The number of hydrogen-bond acceptors (Lipinski definition) is 13. The van der Waals surface area contributed by atoms with Crippen LogP contribution in [0, 0.1) is 0 Å². The molecule has 8 saturated heterocycles. The lowest BCUT2D eigenvalue weighted by molar-refractivity contribution is -0.165. The van der Waals surface area contributed by atoms with Crippen LogP contribution >= 0.6 is 43.2 Å². The Labute approximate surface area is 388 Å². The van der Waals surface area contributed by atoms with Crippen LogP contribution in [-0.2, 0) is 51.1 Å². The van der Waals surface area contributed by atoms with Gasteiger partial charge in [-0.2, -0.15) is 0 Å². The van der Waals surface area contributed by atoms with E-state index in [9.17, 15) is 13.6 Å². The number of carbonyl (C=O) groups is 4. The summed E-state index contributed by atoms with van der Waals surface area (Å²) in [5.74, 6) is -0.949. The largest absolute Gasteiger partial charge is 0.768 e. The number of para-hydroxylation sites is 2. The van der Waals surface area contributed by atoms with Gasteiger partial charge in [0, 0.05) is 37.5 Å². The molecule has 64 heavy (non-hydrogen) atoms. The molecule has 4 aromatic rings. The second-order valence-electron chi connectivity index (χ2n) is 17.2. The fourth-order valence-corrected chi connectivity index (χ4v) is 21.8. The number of nitrogens with one attached hydrogen (secondary N) is 1. The highest BCUT2D eigenvalue weighted by molar-refractivity contribution is 8.78. The Morgan fingerprint density at radius 3 is 1.73 bits per heavy atom. The lowest BCUT2D eigenvalue weighted by atomic mass is 9.54. The fraction of sp³-hybridized carbons (Fsp3) is 0.364. The highest BCUT2D eigenvalue weighted by atomic mass is 33.1. The SMILES string of the molecule is CC[C@]12SS[C@@]3(C[C@]4(C56C[C@@]78SS[C@@](CC)(C(=O)N7[C@H]5N(S(=O)(=O)c5ccccc5)c5ccccc56)N(C)C8=O)c5ccccc5N[C@@H]4N3C1=O)C(=O)N2C.O=S([O-])c1ccccc1. The number of nitrogens with zero attached hydrogens (tertiary/aromatic N) is 5. The minimum absolute atomic E-state index is 0.0516. The van der Waals surface area contributed by atoms with Gasteiger partial charge in [0.25, 0.3) is 33.7 Å². The Kier molecular flexibility index (Phi) is 9.24. The van der Waals surface area contributed by atoms with Gasteiger partial charge in [0.2, 0.25) is 0 Å². The molecule has 4 aromatic carbocycles. The maximum atomic E-state index is 15.5. The molecule has 10 aliphatic rings. The Morgan fingerprint density at radius 2 is 1.16 bits per heavy atom. The van der Waals surface area contributed by atoms with Gasteiger partial charge in [-0.1, -0.05) is 130 Å². The van der Waals surface area contributed by atoms with Gasteiger partial charge in [-0.25, -0.2) is 12.7 Å². The van der Waals surface area contributed by atoms with Crippen LogP contribution in [0.3, 0.4) is 0 Å². The summed E-state index contributed by atoms with van der Waals surface area (Å²) in [7, 11) is 4.52. The van der Waals surface area contributed by atoms with Gasteiger partial charge < -0.3 is 19.7 Å². The van der Waals surface area contributed by atoms with Gasteiger partial charge in [-0.3, -0.25) is 33.2 Å². The number of rotatable bonds is 6. The van der Waals surface area contributed by atoms with Crippen LogP contribution in [0.5, 0.6) is 0 Å². The smallest absolute Gasteiger partial charge is 0.266 e. The van der Waals surface area contributed by atoms with Gasteiger partial charge in [-0.05, 0) is 71.4 Å². The molecule has 14 nitrogen and oxygen atoms in total. The van der Waals surface area contributed by atoms with Gasteiger partial charge in [-0.15, -0.1) is 0 Å². The molecule has 332 valence electrons. The number of anilines is 2. The van der Waals surface area contributed by atoms with Crippen LogP contribution in [0.25, 0.3) is 0 Å². The molecule has 0 aromatic heterocycles. The first-order valence-corrected chi connectivity index (χ1v) is 27.6. The molecule has 2 spiro atoms. The van der Waals surface area contributed by atoms with Crippen LogP contribution < -0.4 is 9.62 Å². The third-order valence-corrected chi connectivity index (χ3v) is 24.9. The number of piperazine rings is 2. The Balaban J connectivity index is 0.000000455. The summed E-state index contributed by atoms with van der Waals surface area (Å²) in [6, 6.07) is 31.6. The molecule has 1 N–H and O–H groups in total. The summed E-state index contributed by atoms with van der Waals surface area (Å²) in [5.41, 5.74) is 0.105. The van der Waals surface area contributed by atoms with E-state index in [2.05, 4.69) is 5.32 Å². The summed E-state index contributed by atoms with van der Waals surface area (Å²) in [6.07, 6.45) is -1.16. The third-order valence-electron chi connectivity index (χ3n) is 14.9. The van der Waals surface area contributed by atoms with E-state index >= 15 is 22.8 Å². The molecule has 4 amide bonds. The summed E-state index contributed by atoms with van der Waals surface area (Å²) < 4.78 is 52.7. The first-order chi connectivity index (χ1) is 30.6. The van der Waals surface area contributed by atoms with Crippen LogP contribution in [0.2, 0.25) is 0 Å². The summed E-state index contributed by atoms with van der Waals surface area (Å²) >= 11 is -2.08. The highest BCUT2D eigenvalue weighted by Gasteiger charge is 2.89. The van der Waals surface area contributed by atoms with Crippen molar-refractivity contribution in [1.29, 1.82) is 0 Å². The van der Waals surface area contributed by atoms with E-state index in [0.717, 1.165) is 11.3 Å². The summed E-state index contributed by atoms with van der Waals surface area (Å²) in [4.78, 5) is 62.5. The van der Waals surface area contributed by atoms with Crippen molar-refractivity contribution in [3.63, 3.8) is 0 Å². The quantitative estimate of drug-likeness (QED) is 0.180. The molecule has 8 fully saturated rings. The molecule has 10 heterocycles. The number of fused-ring (bicyclic) bond motifs is 11. The predicted molar refractivity (Wildman–Crippen MR) is 248 cm³/mol. The molecule has 9 atom stereocenters. The van der Waals surface area contributed by atoms with E-state index in [1.165, 1.54) is 47.5 Å². The van der Waals surface area contributed by atoms with Crippen molar-refractivity contribution in [3.05, 3.63) is 120 Å². The zero-order chi connectivity index (χ0) is 45.0. The lowest BCUT2D eigenvalue weighted by Crippen LogP contribution is -2.77. The Morgan fingerprint density at radius 1 is 0.656 bits per heavy atom. The van der Waals surface area contributed by atoms with Crippen LogP contribution in [0.15, 0.2) is 119 Å². The Bertz CT molecular complexity index is 2870. The van der Waals surface area contributed by atoms with E-state index in [4.69, 9.17) is 0 Å². The van der Waals surface area contributed by atoms with Crippen LogP contribution in [-0.4, -0.2) is 106 Å². The monoisotopic (exact) mass is 973 g/mol. The molecule has 0 radical (unpaired) electrons.